The summed E-state index contributed by atoms with van der Waals surface area (Å²) in [7, 11) is 1.18. The number of aliphatic carboxylic acids is 2. The van der Waals surface area contributed by atoms with Gasteiger partial charge in [-0.25, -0.2) is 9.59 Å². The van der Waals surface area contributed by atoms with Gasteiger partial charge in [-0.2, -0.15) is 5.10 Å². The molecule has 3 atom stereocenters. The second-order valence-electron chi connectivity index (χ2n) is 14.1. The number of hydrogen-bond acceptors (Lipinski definition) is 15. The number of nitrogens with one attached hydrogen (secondary N) is 1. The van der Waals surface area contributed by atoms with Crippen LogP contribution >= 0.6 is 46.3 Å². The third kappa shape index (κ3) is 8.13. The molecule has 23 heteroatoms. The summed E-state index contributed by atoms with van der Waals surface area (Å²) < 4.78 is 6.99. The van der Waals surface area contributed by atoms with Gasteiger partial charge in [-0.3, -0.25) is 28.8 Å². The van der Waals surface area contributed by atoms with Crippen LogP contribution in [0.3, 0.4) is 0 Å². The Balaban J connectivity index is 1.31. The van der Waals surface area contributed by atoms with Crippen molar-refractivity contribution in [1.29, 1.82) is 0 Å². The lowest BCUT2D eigenvalue weighted by molar-refractivity contribution is -0.925. The number of oxime groups is 1. The van der Waals surface area contributed by atoms with Crippen LogP contribution in [0.5, 0.6) is 11.5 Å². The number of nitrogens with zero attached hydrogens (tertiary/aromatic N) is 5. The third-order valence-corrected chi connectivity index (χ3v) is 13.4. The number of quaternary nitrogens is 1. The van der Waals surface area contributed by atoms with Gasteiger partial charge in [0.25, 0.3) is 11.8 Å². The maximum Gasteiger partial charge on any atom is 0.355 e. The molecule has 2 saturated heterocycles. The quantitative estimate of drug-likeness (QED) is 0.0320. The van der Waals surface area contributed by atoms with Gasteiger partial charge in [0.2, 0.25) is 11.5 Å². The van der Waals surface area contributed by atoms with Crippen molar-refractivity contribution >= 4 is 97.6 Å². The number of carboxylic acids is 2. The standard InChI is InChI=1S/C36H39Cl2N7O12S2/c1-4-16-22(30(38)59-31(16)39)25(42-57-20(35(53)54)11-21(47)48)32(51)40-26-33(52)44-27(36(55)56-3)15(14-58-34(26)44)12-45(8-6-7-9-45)13-17-28(49)23-18(43(5-2)41-17)10-19(46)29(50)24(23)37/h10,20,26,34H,4-9,11-14,39H2,1-3H3,(H4-,40,41,42,46,47,48,49,50,51,53,54)/p+1. The Morgan fingerprint density at radius 2 is 1.83 bits per heavy atom. The number of methoxy groups -OCH3 is 1. The zero-order valence-corrected chi connectivity index (χ0v) is 35.0. The summed E-state index contributed by atoms with van der Waals surface area (Å²) in [5.74, 6) is -6.50. The number of carbonyl (C=O) groups excluding carboxylic acids is 3. The molecule has 0 bridgehead atoms. The number of esters is 1. The monoisotopic (exact) mass is 896 g/mol. The number of likely N-dealkylation sites (tertiary alicyclic amines) is 1. The van der Waals surface area contributed by atoms with Gasteiger partial charge in [0.05, 0.1) is 47.5 Å². The number of carboxylic acid groups (broad SMARTS) is 2. The summed E-state index contributed by atoms with van der Waals surface area (Å²) in [5, 5.41) is 49.4. The lowest BCUT2D eigenvalue weighted by atomic mass is 10.0. The number of nitrogen functional groups attached to an aromatic ring is 1. The number of phenols is 2. The second-order valence-corrected chi connectivity index (χ2v) is 17.2. The molecule has 59 heavy (non-hydrogen) atoms. The molecule has 0 aliphatic carbocycles. The van der Waals surface area contributed by atoms with E-state index >= 15 is 0 Å². The minimum Gasteiger partial charge on any atom is -0.504 e. The molecule has 2 fully saturated rings. The third-order valence-electron chi connectivity index (χ3n) is 10.5. The molecule has 19 nitrogen and oxygen atoms in total. The number of aromatic hydroxyl groups is 2. The Morgan fingerprint density at radius 3 is 2.44 bits per heavy atom. The zero-order chi connectivity index (χ0) is 43.1. The number of carbonyl (C=O) groups is 5. The number of nitrogens with two attached hydrogens (primary N) is 1. The van der Waals surface area contributed by atoms with Crippen LogP contribution in [0, 0.1) is 0 Å². The molecular weight excluding hydrogens is 857 g/mol. The Kier molecular flexibility index (Phi) is 12.7. The number of thiophene rings is 1. The van der Waals surface area contributed by atoms with E-state index < -0.39 is 76.3 Å². The number of ether oxygens (including phenoxy) is 1. The van der Waals surface area contributed by atoms with Gasteiger partial charge in [0, 0.05) is 42.3 Å². The SMILES string of the molecule is CCc1c(N)sc(Cl)c1C(=NOC(CC(=O)O)C(=O)O)C(=O)NC1C(=O)N2C(C(=O)OC)=C(C[N+]3(Cc4nn(CC)c5cc(O)c(O)c(Cl)c5c4=O)CCCC3)CSC12. The Hall–Kier alpha value is -5.09. The molecule has 5 heterocycles. The number of halogens is 2. The first-order chi connectivity index (χ1) is 28.0. The smallest absolute Gasteiger partial charge is 0.355 e. The highest BCUT2D eigenvalue weighted by Crippen LogP contribution is 2.43. The fourth-order valence-electron chi connectivity index (χ4n) is 7.65. The van der Waals surface area contributed by atoms with Gasteiger partial charge >= 0.3 is 17.9 Å². The molecule has 2 aromatic heterocycles. The maximum atomic E-state index is 14.0. The summed E-state index contributed by atoms with van der Waals surface area (Å²) in [5.41, 5.74) is 6.46. The molecule has 1 aromatic carbocycles. The summed E-state index contributed by atoms with van der Waals surface area (Å²) in [6.07, 6.45) is -1.08. The van der Waals surface area contributed by atoms with E-state index in [4.69, 9.17) is 38.5 Å². The Bertz CT molecular complexity index is 2390. The van der Waals surface area contributed by atoms with E-state index in [1.165, 1.54) is 34.5 Å². The van der Waals surface area contributed by atoms with Gasteiger partial charge < -0.3 is 45.5 Å². The number of anilines is 1. The molecular formula is C36H40Cl2N7O12S2+. The topological polar surface area (TPSA) is 273 Å². The number of β-lactam (4-membered cyclic amide) rings is 1. The van der Waals surface area contributed by atoms with Crippen LogP contribution in [0.4, 0.5) is 5.00 Å². The minimum atomic E-state index is -1.97. The number of thioether (sulfide) groups is 1. The van der Waals surface area contributed by atoms with Crippen molar-refractivity contribution in [1.82, 2.24) is 20.0 Å². The summed E-state index contributed by atoms with van der Waals surface area (Å²) in [6.45, 7) is 5.41. The van der Waals surface area contributed by atoms with E-state index in [0.29, 0.717) is 35.3 Å². The molecule has 3 unspecified atom stereocenters. The van der Waals surface area contributed by atoms with Crippen LogP contribution in [-0.4, -0.2) is 125 Å². The van der Waals surface area contributed by atoms with E-state index in [1.807, 2.05) is 0 Å². The van der Waals surface area contributed by atoms with Gasteiger partial charge in [-0.1, -0.05) is 35.3 Å². The van der Waals surface area contributed by atoms with Crippen molar-refractivity contribution in [3.63, 3.8) is 0 Å². The average Bonchev–Trinajstić information content (AvgIpc) is 3.77. The summed E-state index contributed by atoms with van der Waals surface area (Å²) in [6, 6.07) is 0.0213. The Morgan fingerprint density at radius 1 is 1.14 bits per heavy atom. The van der Waals surface area contributed by atoms with Crippen LogP contribution in [0.15, 0.2) is 27.3 Å². The highest BCUT2D eigenvalue weighted by atomic mass is 35.5. The van der Waals surface area contributed by atoms with Crippen molar-refractivity contribution in [3.05, 3.63) is 53.7 Å². The van der Waals surface area contributed by atoms with Crippen LogP contribution < -0.4 is 16.5 Å². The lowest BCUT2D eigenvalue weighted by Gasteiger charge is -2.50. The molecule has 6 rings (SSSR count). The van der Waals surface area contributed by atoms with Crippen molar-refractivity contribution in [2.45, 2.75) is 70.1 Å². The second kappa shape index (κ2) is 17.3. The number of benzene rings is 1. The first kappa shape index (κ1) is 43.5. The molecule has 0 radical (unpaired) electrons. The van der Waals surface area contributed by atoms with E-state index in [0.717, 1.165) is 24.2 Å². The van der Waals surface area contributed by atoms with E-state index in [1.54, 1.807) is 13.8 Å². The first-order valence-electron chi connectivity index (χ1n) is 18.3. The summed E-state index contributed by atoms with van der Waals surface area (Å²) in [4.78, 5) is 84.6. The van der Waals surface area contributed by atoms with Crippen LogP contribution in [0.2, 0.25) is 9.36 Å². The van der Waals surface area contributed by atoms with E-state index in [-0.39, 0.29) is 67.5 Å². The van der Waals surface area contributed by atoms with Crippen LogP contribution in [0.1, 0.15) is 49.9 Å². The number of phenolic OH excluding ortho intramolecular Hbond substituents is 2. The molecule has 7 N–H and O–H groups in total. The van der Waals surface area contributed by atoms with Crippen molar-refractivity contribution < 1.29 is 58.5 Å². The first-order valence-corrected chi connectivity index (χ1v) is 20.9. The highest BCUT2D eigenvalue weighted by Gasteiger charge is 2.55. The average molecular weight is 898 g/mol. The molecule has 3 aliphatic rings. The fraction of sp³-hybridized carbons (Fsp3) is 0.444. The van der Waals surface area contributed by atoms with E-state index in [9.17, 15) is 49.2 Å². The van der Waals surface area contributed by atoms with Crippen molar-refractivity contribution in [2.24, 2.45) is 5.16 Å². The number of amides is 2. The number of aryl methyl sites for hydroxylation is 1. The van der Waals surface area contributed by atoms with Gasteiger partial charge in [0.15, 0.2) is 22.9 Å². The summed E-state index contributed by atoms with van der Waals surface area (Å²) >= 11 is 15.1. The van der Waals surface area contributed by atoms with Crippen molar-refractivity contribution in [2.75, 3.05) is 38.2 Å². The lowest BCUT2D eigenvalue weighted by Crippen LogP contribution is -2.71. The molecule has 3 aromatic rings. The normalized spacial score (nSPS) is 19.3. The fourth-order valence-corrected chi connectivity index (χ4v) is 10.6. The van der Waals surface area contributed by atoms with Gasteiger partial charge in [0.1, 0.15) is 34.5 Å². The number of fused-ring (bicyclic) bond motifs is 2. The number of rotatable bonds is 15. The Labute approximate surface area is 353 Å². The van der Waals surface area contributed by atoms with Gasteiger partial charge in [-0.15, -0.1) is 23.1 Å². The molecule has 0 spiro atoms. The molecule has 316 valence electrons. The molecule has 3 aliphatic heterocycles. The molecule has 2 amide bonds. The predicted molar refractivity (Wildman–Crippen MR) is 216 cm³/mol. The minimum absolute atomic E-state index is 0.00542. The van der Waals surface area contributed by atoms with Crippen LogP contribution in [0.25, 0.3) is 10.9 Å². The number of aromatic nitrogens is 2. The van der Waals surface area contributed by atoms with E-state index in [2.05, 4.69) is 15.6 Å². The van der Waals surface area contributed by atoms with Crippen LogP contribution in [-0.2, 0) is 53.1 Å². The largest absolute Gasteiger partial charge is 0.504 e. The molecule has 0 saturated carbocycles. The number of hydrogen-bond donors (Lipinski definition) is 6. The van der Waals surface area contributed by atoms with Crippen molar-refractivity contribution in [3.8, 4) is 11.5 Å². The van der Waals surface area contributed by atoms with Gasteiger partial charge in [-0.05, 0) is 18.9 Å². The predicted octanol–water partition coefficient (Wildman–Crippen LogP) is 2.63. The maximum absolute atomic E-state index is 14.0. The highest BCUT2D eigenvalue weighted by molar-refractivity contribution is 8.00. The zero-order valence-electron chi connectivity index (χ0n) is 31.8.